The van der Waals surface area contributed by atoms with Crippen molar-refractivity contribution in [1.29, 1.82) is 0 Å². The number of halogens is 3. The Morgan fingerprint density at radius 3 is 2.44 bits per heavy atom. The van der Waals surface area contributed by atoms with Gasteiger partial charge in [-0.3, -0.25) is 9.59 Å². The molecule has 0 bridgehead atoms. The summed E-state index contributed by atoms with van der Waals surface area (Å²) in [5, 5.41) is 10.4. The van der Waals surface area contributed by atoms with E-state index in [4.69, 9.17) is 5.73 Å². The average molecular weight is 401 g/mol. The maximum atomic E-state index is 12.6. The Labute approximate surface area is 157 Å². The highest BCUT2D eigenvalue weighted by molar-refractivity contribution is 8.00. The topological polar surface area (TPSA) is 103 Å². The number of aryl methyl sites for hydroxylation is 1. The van der Waals surface area contributed by atoms with Crippen LogP contribution in [-0.4, -0.2) is 31.8 Å². The SMILES string of the molecule is C[C@@H](Sc1nnc(CCC(N)=O)n1C)C(=O)Nc1ccc(C(F)(F)F)cc1. The lowest BCUT2D eigenvalue weighted by Gasteiger charge is -2.12. The van der Waals surface area contributed by atoms with Crippen LogP contribution in [0.1, 0.15) is 24.7 Å². The van der Waals surface area contributed by atoms with Crippen molar-refractivity contribution >= 4 is 29.3 Å². The molecule has 0 unspecified atom stereocenters. The van der Waals surface area contributed by atoms with Gasteiger partial charge >= 0.3 is 6.18 Å². The Morgan fingerprint density at radius 2 is 1.89 bits per heavy atom. The van der Waals surface area contributed by atoms with Crippen LogP contribution in [0.4, 0.5) is 18.9 Å². The van der Waals surface area contributed by atoms with Crippen LogP contribution in [0.25, 0.3) is 0 Å². The number of hydrogen-bond donors (Lipinski definition) is 2. The molecule has 1 aromatic carbocycles. The fourth-order valence-corrected chi connectivity index (χ4v) is 2.93. The summed E-state index contributed by atoms with van der Waals surface area (Å²) in [4.78, 5) is 23.1. The van der Waals surface area contributed by atoms with Crippen molar-refractivity contribution in [3.8, 4) is 0 Å². The normalized spacial score (nSPS) is 12.6. The van der Waals surface area contributed by atoms with Crippen LogP contribution in [0.5, 0.6) is 0 Å². The minimum absolute atomic E-state index is 0.139. The molecule has 11 heteroatoms. The summed E-state index contributed by atoms with van der Waals surface area (Å²) in [6.07, 6.45) is -3.95. The highest BCUT2D eigenvalue weighted by Gasteiger charge is 2.30. The Kier molecular flexibility index (Phi) is 6.47. The zero-order valence-electron chi connectivity index (χ0n) is 14.6. The molecule has 0 saturated carbocycles. The Hall–Kier alpha value is -2.56. The standard InChI is InChI=1S/C16H18F3N5O2S/c1-9(27-15-23-22-13(24(15)2)8-7-12(20)25)14(26)21-11-5-3-10(4-6-11)16(17,18)19/h3-6,9H,7-8H2,1-2H3,(H2,20,25)(H,21,26)/t9-/m1/s1. The molecule has 0 aliphatic heterocycles. The van der Waals surface area contributed by atoms with E-state index < -0.39 is 22.9 Å². The highest BCUT2D eigenvalue weighted by Crippen LogP contribution is 2.30. The quantitative estimate of drug-likeness (QED) is 0.694. The molecule has 0 aliphatic carbocycles. The molecule has 7 nitrogen and oxygen atoms in total. The molecule has 146 valence electrons. The number of amides is 2. The molecule has 0 saturated heterocycles. The summed E-state index contributed by atoms with van der Waals surface area (Å²) in [6, 6.07) is 4.20. The molecular weight excluding hydrogens is 383 g/mol. The van der Waals surface area contributed by atoms with E-state index >= 15 is 0 Å². The van der Waals surface area contributed by atoms with Crippen molar-refractivity contribution in [2.24, 2.45) is 12.8 Å². The van der Waals surface area contributed by atoms with Crippen molar-refractivity contribution in [1.82, 2.24) is 14.8 Å². The van der Waals surface area contributed by atoms with Gasteiger partial charge < -0.3 is 15.6 Å². The smallest absolute Gasteiger partial charge is 0.370 e. The average Bonchev–Trinajstić information content (AvgIpc) is 2.92. The number of benzene rings is 1. The lowest BCUT2D eigenvalue weighted by molar-refractivity contribution is -0.137. The van der Waals surface area contributed by atoms with Crippen molar-refractivity contribution in [2.45, 2.75) is 36.3 Å². The van der Waals surface area contributed by atoms with E-state index in [0.717, 1.165) is 23.9 Å². The predicted octanol–water partition coefficient (Wildman–Crippen LogP) is 2.37. The minimum atomic E-state index is -4.43. The summed E-state index contributed by atoms with van der Waals surface area (Å²) in [7, 11) is 1.71. The first-order chi connectivity index (χ1) is 12.6. The summed E-state index contributed by atoms with van der Waals surface area (Å²) in [5.41, 5.74) is 4.58. The first kappa shape index (κ1) is 20.7. The van der Waals surface area contributed by atoms with Crippen LogP contribution in [0.2, 0.25) is 0 Å². The number of carbonyl (C=O) groups excluding carboxylic acids is 2. The lowest BCUT2D eigenvalue weighted by Crippen LogP contribution is -2.23. The van der Waals surface area contributed by atoms with Gasteiger partial charge in [0, 0.05) is 25.6 Å². The van der Waals surface area contributed by atoms with Gasteiger partial charge in [-0.15, -0.1) is 10.2 Å². The van der Waals surface area contributed by atoms with Crippen LogP contribution in [0, 0.1) is 0 Å². The van der Waals surface area contributed by atoms with E-state index in [1.54, 1.807) is 18.5 Å². The van der Waals surface area contributed by atoms with Gasteiger partial charge in [-0.25, -0.2) is 0 Å². The predicted molar refractivity (Wildman–Crippen MR) is 93.9 cm³/mol. The van der Waals surface area contributed by atoms with Gasteiger partial charge in [0.2, 0.25) is 11.8 Å². The summed E-state index contributed by atoms with van der Waals surface area (Å²) < 4.78 is 39.3. The summed E-state index contributed by atoms with van der Waals surface area (Å²) >= 11 is 1.14. The van der Waals surface area contributed by atoms with E-state index in [1.807, 2.05) is 0 Å². The fourth-order valence-electron chi connectivity index (χ4n) is 2.10. The van der Waals surface area contributed by atoms with Gasteiger partial charge in [-0.1, -0.05) is 11.8 Å². The molecule has 0 fully saturated rings. The largest absolute Gasteiger partial charge is 0.416 e. The number of rotatable bonds is 7. The molecule has 2 amide bonds. The number of alkyl halides is 3. The third-order valence-corrected chi connectivity index (χ3v) is 4.79. The number of nitrogens with two attached hydrogens (primary N) is 1. The number of carbonyl (C=O) groups is 2. The molecule has 1 heterocycles. The molecule has 27 heavy (non-hydrogen) atoms. The van der Waals surface area contributed by atoms with Gasteiger partial charge in [0.25, 0.3) is 0 Å². The molecule has 3 N–H and O–H groups in total. The maximum absolute atomic E-state index is 12.6. The first-order valence-electron chi connectivity index (χ1n) is 7.89. The molecule has 1 atom stereocenters. The third-order valence-electron chi connectivity index (χ3n) is 3.65. The second-order valence-electron chi connectivity index (χ2n) is 5.75. The molecule has 0 spiro atoms. The zero-order chi connectivity index (χ0) is 20.2. The van der Waals surface area contributed by atoms with Crippen molar-refractivity contribution < 1.29 is 22.8 Å². The first-order valence-corrected chi connectivity index (χ1v) is 8.77. The molecular formula is C16H18F3N5O2S. The second kappa shape index (κ2) is 8.42. The number of thioether (sulfide) groups is 1. The van der Waals surface area contributed by atoms with Gasteiger partial charge in [0.05, 0.1) is 10.8 Å². The second-order valence-corrected chi connectivity index (χ2v) is 7.06. The number of nitrogens with one attached hydrogen (secondary N) is 1. The van der Waals surface area contributed by atoms with Crippen LogP contribution < -0.4 is 11.1 Å². The summed E-state index contributed by atoms with van der Waals surface area (Å²) in [6.45, 7) is 1.64. The van der Waals surface area contributed by atoms with Crippen molar-refractivity contribution in [2.75, 3.05) is 5.32 Å². The van der Waals surface area contributed by atoms with E-state index in [9.17, 15) is 22.8 Å². The van der Waals surface area contributed by atoms with Gasteiger partial charge in [0.1, 0.15) is 5.82 Å². The maximum Gasteiger partial charge on any atom is 0.416 e. The Morgan fingerprint density at radius 1 is 1.26 bits per heavy atom. The molecule has 2 aromatic rings. The number of nitrogens with zero attached hydrogens (tertiary/aromatic N) is 3. The monoisotopic (exact) mass is 401 g/mol. The van der Waals surface area contributed by atoms with E-state index in [0.29, 0.717) is 17.4 Å². The van der Waals surface area contributed by atoms with Gasteiger partial charge in [-0.05, 0) is 31.2 Å². The number of hydrogen-bond acceptors (Lipinski definition) is 5. The van der Waals surface area contributed by atoms with Gasteiger partial charge in [0.15, 0.2) is 5.16 Å². The third kappa shape index (κ3) is 5.71. The molecule has 1 aromatic heterocycles. The minimum Gasteiger partial charge on any atom is -0.370 e. The number of aromatic nitrogens is 3. The van der Waals surface area contributed by atoms with Crippen LogP contribution in [-0.2, 0) is 29.2 Å². The van der Waals surface area contributed by atoms with Crippen LogP contribution >= 0.6 is 11.8 Å². The lowest BCUT2D eigenvalue weighted by atomic mass is 10.2. The van der Waals surface area contributed by atoms with E-state index in [2.05, 4.69) is 15.5 Å². The Bertz CT molecular complexity index is 820. The zero-order valence-corrected chi connectivity index (χ0v) is 15.4. The fraction of sp³-hybridized carbons (Fsp3) is 0.375. The molecule has 2 rings (SSSR count). The summed E-state index contributed by atoms with van der Waals surface area (Å²) in [5.74, 6) is -0.274. The number of anilines is 1. The van der Waals surface area contributed by atoms with E-state index in [-0.39, 0.29) is 18.0 Å². The van der Waals surface area contributed by atoms with Crippen molar-refractivity contribution in [3.05, 3.63) is 35.7 Å². The Balaban J connectivity index is 1.97. The highest BCUT2D eigenvalue weighted by atomic mass is 32.2. The van der Waals surface area contributed by atoms with Crippen LogP contribution in [0.15, 0.2) is 29.4 Å². The molecule has 0 aliphatic rings. The van der Waals surface area contributed by atoms with Gasteiger partial charge in [-0.2, -0.15) is 13.2 Å². The van der Waals surface area contributed by atoms with Crippen LogP contribution in [0.3, 0.4) is 0 Å². The number of primary amides is 1. The van der Waals surface area contributed by atoms with E-state index in [1.165, 1.54) is 12.1 Å². The molecule has 0 radical (unpaired) electrons. The van der Waals surface area contributed by atoms with Crippen molar-refractivity contribution in [3.63, 3.8) is 0 Å².